The summed E-state index contributed by atoms with van der Waals surface area (Å²) in [4.78, 5) is 27.2. The van der Waals surface area contributed by atoms with Gasteiger partial charge in [-0.15, -0.1) is 0 Å². The first-order valence-corrected chi connectivity index (χ1v) is 10.4. The van der Waals surface area contributed by atoms with Crippen molar-refractivity contribution >= 4 is 17.6 Å². The number of benzene rings is 2. The number of furan rings is 1. The van der Waals surface area contributed by atoms with Crippen molar-refractivity contribution in [2.45, 2.75) is 19.9 Å². The number of carbonyl (C=O) groups is 2. The summed E-state index contributed by atoms with van der Waals surface area (Å²) in [5.41, 5.74) is 4.98. The van der Waals surface area contributed by atoms with E-state index in [0.717, 1.165) is 16.7 Å². The molecule has 4 aromatic rings. The van der Waals surface area contributed by atoms with Crippen LogP contribution in [0.4, 0.5) is 5.69 Å². The second-order valence-corrected chi connectivity index (χ2v) is 7.59. The van der Waals surface area contributed by atoms with E-state index in [2.05, 4.69) is 10.2 Å². The van der Waals surface area contributed by atoms with Gasteiger partial charge in [-0.2, -0.15) is 5.10 Å². The number of nitrogens with one attached hydrogen (secondary N) is 1. The predicted octanol–water partition coefficient (Wildman–Crippen LogP) is 4.90. The van der Waals surface area contributed by atoms with Gasteiger partial charge in [0, 0.05) is 11.3 Å². The maximum absolute atomic E-state index is 13.5. The molecule has 160 valence electrons. The van der Waals surface area contributed by atoms with Crippen molar-refractivity contribution in [2.75, 3.05) is 11.5 Å². The standard InChI is InChI=1S/C25H21N3O4/c1-3-31-25(30)17-10-12-18(13-11-17)28-23(16-8-6-15(2)7-9-16)20-21(19-5-4-14-32-19)26-27-22(20)24(28)29/h4-14,23H,3H2,1-2H3,(H,26,27)/t23-/m1/s1. The summed E-state index contributed by atoms with van der Waals surface area (Å²) in [5, 5.41) is 7.30. The highest BCUT2D eigenvalue weighted by atomic mass is 16.5. The number of rotatable bonds is 5. The predicted molar refractivity (Wildman–Crippen MR) is 119 cm³/mol. The zero-order valence-corrected chi connectivity index (χ0v) is 17.7. The molecule has 0 saturated heterocycles. The lowest BCUT2D eigenvalue weighted by molar-refractivity contribution is 0.0526. The van der Waals surface area contributed by atoms with E-state index < -0.39 is 12.0 Å². The van der Waals surface area contributed by atoms with Crippen molar-refractivity contribution in [1.29, 1.82) is 0 Å². The molecule has 0 fully saturated rings. The fourth-order valence-electron chi connectivity index (χ4n) is 4.05. The number of esters is 1. The monoisotopic (exact) mass is 427 g/mol. The molecule has 7 nitrogen and oxygen atoms in total. The van der Waals surface area contributed by atoms with Crippen molar-refractivity contribution in [2.24, 2.45) is 0 Å². The van der Waals surface area contributed by atoms with Crippen LogP contribution in [0.5, 0.6) is 0 Å². The molecule has 0 spiro atoms. The molecule has 0 bridgehead atoms. The SMILES string of the molecule is CCOC(=O)c1ccc(N2C(=O)c3n[nH]c(-c4ccco4)c3[C@H]2c2ccc(C)cc2)cc1. The first-order chi connectivity index (χ1) is 15.6. The number of hydrogen-bond acceptors (Lipinski definition) is 5. The maximum Gasteiger partial charge on any atom is 0.338 e. The fourth-order valence-corrected chi connectivity index (χ4v) is 4.05. The van der Waals surface area contributed by atoms with E-state index in [1.165, 1.54) is 0 Å². The number of fused-ring (bicyclic) bond motifs is 1. The number of aromatic amines is 1. The van der Waals surface area contributed by atoms with Gasteiger partial charge in [-0.3, -0.25) is 14.8 Å². The number of anilines is 1. The van der Waals surface area contributed by atoms with Gasteiger partial charge in [0.25, 0.3) is 5.91 Å². The minimum atomic E-state index is -0.398. The molecule has 2 aromatic heterocycles. The molecule has 1 atom stereocenters. The van der Waals surface area contributed by atoms with E-state index in [1.807, 2.05) is 37.3 Å². The van der Waals surface area contributed by atoms with Crippen LogP contribution in [0.15, 0.2) is 71.3 Å². The minimum absolute atomic E-state index is 0.219. The first-order valence-electron chi connectivity index (χ1n) is 10.4. The van der Waals surface area contributed by atoms with Gasteiger partial charge in [0.1, 0.15) is 5.69 Å². The maximum atomic E-state index is 13.5. The topological polar surface area (TPSA) is 88.4 Å². The van der Waals surface area contributed by atoms with E-state index in [9.17, 15) is 9.59 Å². The number of carbonyl (C=O) groups excluding carboxylic acids is 2. The molecule has 1 amide bonds. The summed E-state index contributed by atoms with van der Waals surface area (Å²) >= 11 is 0. The fraction of sp³-hybridized carbons (Fsp3) is 0.160. The van der Waals surface area contributed by atoms with Crippen molar-refractivity contribution in [3.63, 3.8) is 0 Å². The number of ether oxygens (including phenoxy) is 1. The number of aromatic nitrogens is 2. The average molecular weight is 427 g/mol. The molecule has 1 N–H and O–H groups in total. The Hall–Kier alpha value is -4.13. The first kappa shape index (κ1) is 19.8. The molecule has 5 rings (SSSR count). The Morgan fingerprint density at radius 3 is 2.53 bits per heavy atom. The molecule has 0 aliphatic carbocycles. The second-order valence-electron chi connectivity index (χ2n) is 7.59. The Balaban J connectivity index is 1.62. The van der Waals surface area contributed by atoms with E-state index >= 15 is 0 Å². The Kier molecular flexibility index (Phi) is 4.86. The third-order valence-corrected chi connectivity index (χ3v) is 5.57. The van der Waals surface area contributed by atoms with E-state index in [1.54, 1.807) is 48.4 Å². The van der Waals surface area contributed by atoms with Gasteiger partial charge in [-0.05, 0) is 55.8 Å². The van der Waals surface area contributed by atoms with Gasteiger partial charge < -0.3 is 9.15 Å². The van der Waals surface area contributed by atoms with Crippen molar-refractivity contribution in [3.8, 4) is 11.5 Å². The van der Waals surface area contributed by atoms with Crippen LogP contribution in [-0.4, -0.2) is 28.7 Å². The van der Waals surface area contributed by atoms with E-state index in [0.29, 0.717) is 35.0 Å². The number of H-pyrrole nitrogens is 1. The minimum Gasteiger partial charge on any atom is -0.463 e. The molecule has 2 aromatic carbocycles. The van der Waals surface area contributed by atoms with Gasteiger partial charge in [-0.25, -0.2) is 4.79 Å². The third kappa shape index (κ3) is 3.19. The number of amides is 1. The van der Waals surface area contributed by atoms with E-state index in [4.69, 9.17) is 9.15 Å². The normalized spacial score (nSPS) is 15.1. The second kappa shape index (κ2) is 7.85. The summed E-state index contributed by atoms with van der Waals surface area (Å²) in [5.74, 6) is 0.00169. The Morgan fingerprint density at radius 2 is 1.88 bits per heavy atom. The number of aryl methyl sites for hydroxylation is 1. The zero-order chi connectivity index (χ0) is 22.2. The molecule has 0 unspecified atom stereocenters. The highest BCUT2D eigenvalue weighted by Crippen LogP contribution is 2.45. The lowest BCUT2D eigenvalue weighted by Crippen LogP contribution is -2.29. The lowest BCUT2D eigenvalue weighted by Gasteiger charge is -2.26. The third-order valence-electron chi connectivity index (χ3n) is 5.57. The molecule has 32 heavy (non-hydrogen) atoms. The highest BCUT2D eigenvalue weighted by molar-refractivity contribution is 6.11. The van der Waals surface area contributed by atoms with Crippen molar-refractivity contribution < 1.29 is 18.7 Å². The lowest BCUT2D eigenvalue weighted by atomic mass is 9.97. The Morgan fingerprint density at radius 1 is 1.12 bits per heavy atom. The highest BCUT2D eigenvalue weighted by Gasteiger charge is 2.43. The van der Waals surface area contributed by atoms with Crippen LogP contribution in [0.1, 0.15) is 50.5 Å². The summed E-state index contributed by atoms with van der Waals surface area (Å²) < 4.78 is 10.7. The van der Waals surface area contributed by atoms with E-state index in [-0.39, 0.29) is 5.91 Å². The smallest absolute Gasteiger partial charge is 0.338 e. The van der Waals surface area contributed by atoms with Crippen molar-refractivity contribution in [1.82, 2.24) is 10.2 Å². The molecule has 3 heterocycles. The summed E-state index contributed by atoms with van der Waals surface area (Å²) in [6.07, 6.45) is 1.59. The summed E-state index contributed by atoms with van der Waals surface area (Å²) in [6.45, 7) is 4.09. The van der Waals surface area contributed by atoms with Crippen LogP contribution in [0.2, 0.25) is 0 Å². The molecule has 0 radical (unpaired) electrons. The van der Waals surface area contributed by atoms with Gasteiger partial charge in [0.15, 0.2) is 11.5 Å². The van der Waals surface area contributed by atoms with Crippen LogP contribution in [0.25, 0.3) is 11.5 Å². The van der Waals surface area contributed by atoms with Gasteiger partial charge in [0.05, 0.1) is 24.5 Å². The Bertz CT molecular complexity index is 1270. The van der Waals surface area contributed by atoms with Crippen LogP contribution < -0.4 is 4.90 Å². The van der Waals surface area contributed by atoms with Gasteiger partial charge in [0.2, 0.25) is 0 Å². The van der Waals surface area contributed by atoms with Crippen molar-refractivity contribution in [3.05, 3.63) is 94.9 Å². The quantitative estimate of drug-likeness (QED) is 0.458. The van der Waals surface area contributed by atoms with Gasteiger partial charge >= 0.3 is 5.97 Å². The van der Waals surface area contributed by atoms with Gasteiger partial charge in [-0.1, -0.05) is 29.8 Å². The summed E-state index contributed by atoms with van der Waals surface area (Å²) in [6, 6.07) is 18.2. The van der Waals surface area contributed by atoms with Crippen LogP contribution in [-0.2, 0) is 4.74 Å². The molecule has 7 heteroatoms. The Labute approximate surface area is 184 Å². The molecular weight excluding hydrogens is 406 g/mol. The number of hydrogen-bond donors (Lipinski definition) is 1. The summed E-state index contributed by atoms with van der Waals surface area (Å²) in [7, 11) is 0. The van der Waals surface area contributed by atoms with Crippen LogP contribution in [0, 0.1) is 6.92 Å². The largest absolute Gasteiger partial charge is 0.463 e. The molecular formula is C25H21N3O4. The average Bonchev–Trinajstić information content (AvgIpc) is 3.53. The van der Waals surface area contributed by atoms with Crippen LogP contribution >= 0.6 is 0 Å². The molecule has 0 saturated carbocycles. The zero-order valence-electron chi connectivity index (χ0n) is 17.7. The van der Waals surface area contributed by atoms with Crippen LogP contribution in [0.3, 0.4) is 0 Å². The molecule has 1 aliphatic rings. The number of nitrogens with zero attached hydrogens (tertiary/aromatic N) is 2. The molecule has 1 aliphatic heterocycles.